The Labute approximate surface area is 108 Å². The number of rotatable bonds is 7. The zero-order chi connectivity index (χ0) is 12.4. The van der Waals surface area contributed by atoms with Crippen molar-refractivity contribution >= 4 is 21.8 Å². The molecule has 0 bridgehead atoms. The van der Waals surface area contributed by atoms with Crippen molar-refractivity contribution in [3.05, 3.63) is 0 Å². The van der Waals surface area contributed by atoms with Crippen LogP contribution in [-0.4, -0.2) is 43.8 Å². The van der Waals surface area contributed by atoms with Gasteiger partial charge in [0, 0.05) is 23.9 Å². The van der Waals surface area contributed by atoms with Gasteiger partial charge >= 0.3 is 0 Å². The van der Waals surface area contributed by atoms with Crippen molar-refractivity contribution in [3.63, 3.8) is 0 Å². The predicted molar refractivity (Wildman–Crippen MR) is 72.9 cm³/mol. The average Bonchev–Trinajstić information content (AvgIpc) is 2.98. The van der Waals surface area contributed by atoms with E-state index in [0.29, 0.717) is 19.1 Å². The first kappa shape index (κ1) is 13.6. The van der Waals surface area contributed by atoms with Gasteiger partial charge < -0.3 is 5.32 Å². The largest absolute Gasteiger partial charge is 0.313 e. The van der Waals surface area contributed by atoms with Crippen molar-refractivity contribution in [1.82, 2.24) is 10.0 Å². The van der Waals surface area contributed by atoms with Gasteiger partial charge in [0.15, 0.2) is 0 Å². The molecule has 4 nitrogen and oxygen atoms in total. The smallest absolute Gasteiger partial charge is 0.212 e. The Morgan fingerprint density at radius 3 is 2.76 bits per heavy atom. The average molecular weight is 278 g/mol. The summed E-state index contributed by atoms with van der Waals surface area (Å²) >= 11 is 1.88. The molecule has 1 saturated heterocycles. The Kier molecular flexibility index (Phi) is 4.39. The maximum absolute atomic E-state index is 11.8. The van der Waals surface area contributed by atoms with Gasteiger partial charge in [-0.05, 0) is 38.4 Å². The molecule has 100 valence electrons. The van der Waals surface area contributed by atoms with E-state index in [1.807, 2.05) is 11.8 Å². The van der Waals surface area contributed by atoms with Gasteiger partial charge in [-0.3, -0.25) is 0 Å². The van der Waals surface area contributed by atoms with Crippen LogP contribution in [0.15, 0.2) is 0 Å². The molecule has 0 amide bonds. The van der Waals surface area contributed by atoms with Crippen LogP contribution in [0.4, 0.5) is 0 Å². The number of hydrogen-bond acceptors (Lipinski definition) is 4. The molecule has 1 aliphatic heterocycles. The summed E-state index contributed by atoms with van der Waals surface area (Å²) in [5.41, 5.74) is 0. The summed E-state index contributed by atoms with van der Waals surface area (Å²) in [5.74, 6) is 1.35. The lowest BCUT2D eigenvalue weighted by atomic mass is 10.1. The van der Waals surface area contributed by atoms with Gasteiger partial charge in [-0.15, -0.1) is 0 Å². The highest BCUT2D eigenvalue weighted by atomic mass is 32.2. The summed E-state index contributed by atoms with van der Waals surface area (Å²) in [5, 5.41) is 3.23. The minimum atomic E-state index is -3.10. The molecule has 1 saturated carbocycles. The topological polar surface area (TPSA) is 58.2 Å². The molecule has 0 aromatic carbocycles. The minimum Gasteiger partial charge on any atom is -0.313 e. The van der Waals surface area contributed by atoms with Crippen LogP contribution in [0.3, 0.4) is 0 Å². The maximum atomic E-state index is 11.8. The molecular formula is C11H22N2O2S2. The molecule has 0 spiro atoms. The third-order valence-corrected chi connectivity index (χ3v) is 6.21. The molecule has 1 aliphatic carbocycles. The van der Waals surface area contributed by atoms with Crippen molar-refractivity contribution in [3.8, 4) is 0 Å². The maximum Gasteiger partial charge on any atom is 0.212 e. The lowest BCUT2D eigenvalue weighted by Crippen LogP contribution is -2.39. The fourth-order valence-corrected chi connectivity index (χ4v) is 4.40. The Balaban J connectivity index is 1.68. The van der Waals surface area contributed by atoms with Crippen LogP contribution in [0.1, 0.15) is 32.6 Å². The van der Waals surface area contributed by atoms with Crippen molar-refractivity contribution < 1.29 is 8.42 Å². The first-order chi connectivity index (χ1) is 7.99. The van der Waals surface area contributed by atoms with E-state index in [9.17, 15) is 8.42 Å². The Morgan fingerprint density at radius 1 is 1.41 bits per heavy atom. The molecule has 2 aliphatic rings. The van der Waals surface area contributed by atoms with E-state index in [2.05, 4.69) is 17.0 Å². The van der Waals surface area contributed by atoms with Gasteiger partial charge in [0.2, 0.25) is 10.0 Å². The zero-order valence-electron chi connectivity index (χ0n) is 10.4. The second kappa shape index (κ2) is 5.47. The highest BCUT2D eigenvalue weighted by Crippen LogP contribution is 2.37. The number of sulfonamides is 1. The Bertz CT molecular complexity index is 346. The molecule has 1 heterocycles. The first-order valence-corrected chi connectivity index (χ1v) is 8.98. The van der Waals surface area contributed by atoms with Crippen LogP contribution in [-0.2, 0) is 10.0 Å². The number of thioether (sulfide) groups is 1. The van der Waals surface area contributed by atoms with Crippen LogP contribution >= 0.6 is 11.8 Å². The third-order valence-electron chi connectivity index (χ3n) is 3.35. The summed E-state index contributed by atoms with van der Waals surface area (Å²) in [6.07, 6.45) is 4.71. The highest BCUT2D eigenvalue weighted by Gasteiger charge is 2.30. The fourth-order valence-electron chi connectivity index (χ4n) is 2.00. The van der Waals surface area contributed by atoms with E-state index in [-0.39, 0.29) is 10.5 Å². The summed E-state index contributed by atoms with van der Waals surface area (Å²) in [6.45, 7) is 3.29. The van der Waals surface area contributed by atoms with Gasteiger partial charge in [0.05, 0.1) is 5.75 Å². The molecule has 2 rings (SSSR count). The third kappa shape index (κ3) is 4.77. The monoisotopic (exact) mass is 278 g/mol. The van der Waals surface area contributed by atoms with Crippen molar-refractivity contribution in [2.45, 2.75) is 43.4 Å². The van der Waals surface area contributed by atoms with Gasteiger partial charge in [-0.1, -0.05) is 0 Å². The Morgan fingerprint density at radius 2 is 2.18 bits per heavy atom. The van der Waals surface area contributed by atoms with E-state index in [1.165, 1.54) is 19.3 Å². The second-order valence-electron chi connectivity index (χ2n) is 5.27. The summed E-state index contributed by atoms with van der Waals surface area (Å²) < 4.78 is 26.4. The van der Waals surface area contributed by atoms with Crippen molar-refractivity contribution in [2.24, 2.45) is 0 Å². The van der Waals surface area contributed by atoms with Gasteiger partial charge in [0.25, 0.3) is 0 Å². The Hall–Kier alpha value is 0.220. The quantitative estimate of drug-likeness (QED) is 0.728. The molecule has 0 radical (unpaired) electrons. The van der Waals surface area contributed by atoms with E-state index in [0.717, 1.165) is 12.2 Å². The zero-order valence-corrected chi connectivity index (χ0v) is 12.0. The highest BCUT2D eigenvalue weighted by molar-refractivity contribution is 8.01. The van der Waals surface area contributed by atoms with Crippen molar-refractivity contribution in [2.75, 3.05) is 24.6 Å². The fraction of sp³-hybridized carbons (Fsp3) is 1.00. The predicted octanol–water partition coefficient (Wildman–Crippen LogP) is 0.943. The van der Waals surface area contributed by atoms with Gasteiger partial charge in [0.1, 0.15) is 0 Å². The van der Waals surface area contributed by atoms with Crippen LogP contribution in [0.5, 0.6) is 0 Å². The summed E-state index contributed by atoms with van der Waals surface area (Å²) in [4.78, 5) is 0. The van der Waals surface area contributed by atoms with E-state index < -0.39 is 10.0 Å². The van der Waals surface area contributed by atoms with Crippen LogP contribution in [0.2, 0.25) is 0 Å². The van der Waals surface area contributed by atoms with E-state index in [1.54, 1.807) is 0 Å². The van der Waals surface area contributed by atoms with Crippen LogP contribution < -0.4 is 10.0 Å². The van der Waals surface area contributed by atoms with Crippen molar-refractivity contribution in [1.29, 1.82) is 0 Å². The second-order valence-corrected chi connectivity index (χ2v) is 8.88. The molecule has 0 aromatic heterocycles. The summed E-state index contributed by atoms with van der Waals surface area (Å²) in [7, 11) is -3.10. The molecule has 6 heteroatoms. The van der Waals surface area contributed by atoms with E-state index >= 15 is 0 Å². The lowest BCUT2D eigenvalue weighted by Gasteiger charge is -2.22. The molecule has 2 fully saturated rings. The summed E-state index contributed by atoms with van der Waals surface area (Å²) in [6, 6.07) is 0.577. The lowest BCUT2D eigenvalue weighted by molar-refractivity contribution is 0.549. The van der Waals surface area contributed by atoms with Gasteiger partial charge in [-0.25, -0.2) is 13.1 Å². The molecule has 1 atom stereocenters. The molecule has 17 heavy (non-hydrogen) atoms. The number of hydrogen-bond donors (Lipinski definition) is 2. The normalized spacial score (nSPS) is 29.7. The molecule has 1 unspecified atom stereocenters. The van der Waals surface area contributed by atoms with Crippen LogP contribution in [0, 0.1) is 0 Å². The number of nitrogens with one attached hydrogen (secondary N) is 2. The van der Waals surface area contributed by atoms with E-state index in [4.69, 9.17) is 0 Å². The minimum absolute atomic E-state index is 0.108. The van der Waals surface area contributed by atoms with Gasteiger partial charge in [-0.2, -0.15) is 11.8 Å². The molecular weight excluding hydrogens is 256 g/mol. The molecule has 2 N–H and O–H groups in total. The SMILES string of the molecule is CC1(CNS(=O)(=O)CCNC2CC2)CCCS1. The first-order valence-electron chi connectivity index (χ1n) is 6.34. The molecule has 0 aromatic rings. The standard InChI is InChI=1S/C11H22N2O2S2/c1-11(5-2-7-16-11)9-13-17(14,15)8-6-12-10-3-4-10/h10,12-13H,2-9H2,1H3. The van der Waals surface area contributed by atoms with Crippen LogP contribution in [0.25, 0.3) is 0 Å².